The van der Waals surface area contributed by atoms with E-state index in [0.29, 0.717) is 23.3 Å². The maximum Gasteiger partial charge on any atom is 0.166 e. The van der Waals surface area contributed by atoms with E-state index in [1.54, 1.807) is 36.4 Å². The van der Waals surface area contributed by atoms with Gasteiger partial charge >= 0.3 is 0 Å². The molecule has 1 nitrogen and oxygen atoms in total. The Bertz CT molecular complexity index is 1100. The minimum Gasteiger partial charge on any atom is -0.378 e. The number of benzene rings is 3. The highest BCUT2D eigenvalue weighted by molar-refractivity contribution is 5.71. The first kappa shape index (κ1) is 22.5. The molecule has 168 valence electrons. The summed E-state index contributed by atoms with van der Waals surface area (Å²) >= 11 is 0. The number of ether oxygens (including phenoxy) is 1. The molecule has 1 saturated heterocycles. The van der Waals surface area contributed by atoms with Gasteiger partial charge in [0.2, 0.25) is 0 Å². The van der Waals surface area contributed by atoms with E-state index in [9.17, 15) is 17.6 Å². The zero-order valence-electron chi connectivity index (χ0n) is 18.2. The van der Waals surface area contributed by atoms with E-state index in [-0.39, 0.29) is 28.7 Å². The van der Waals surface area contributed by atoms with Crippen molar-refractivity contribution in [3.8, 4) is 22.3 Å². The van der Waals surface area contributed by atoms with Crippen molar-refractivity contribution in [2.45, 2.75) is 51.6 Å². The summed E-state index contributed by atoms with van der Waals surface area (Å²) in [5.74, 6) is -3.72. The van der Waals surface area contributed by atoms with Crippen LogP contribution in [0.1, 0.15) is 49.7 Å². The van der Waals surface area contributed by atoms with Crippen LogP contribution in [0.2, 0.25) is 0 Å². The number of halogens is 4. The topological polar surface area (TPSA) is 9.23 Å². The molecule has 4 rings (SSSR count). The normalized spacial score (nSPS) is 18.7. The molecule has 2 unspecified atom stereocenters. The lowest BCUT2D eigenvalue weighted by Crippen LogP contribution is -2.25. The Kier molecular flexibility index (Phi) is 6.66. The minimum absolute atomic E-state index is 0.125. The number of hydrogen-bond acceptors (Lipinski definition) is 1. The van der Waals surface area contributed by atoms with E-state index in [1.807, 2.05) is 0 Å². The van der Waals surface area contributed by atoms with Crippen molar-refractivity contribution in [1.29, 1.82) is 0 Å². The molecule has 1 fully saturated rings. The summed E-state index contributed by atoms with van der Waals surface area (Å²) in [5, 5.41) is 0. The number of hydrogen-bond donors (Lipinski definition) is 0. The van der Waals surface area contributed by atoms with E-state index in [1.165, 1.54) is 19.1 Å². The zero-order valence-corrected chi connectivity index (χ0v) is 18.2. The van der Waals surface area contributed by atoms with Crippen LogP contribution < -0.4 is 0 Å². The summed E-state index contributed by atoms with van der Waals surface area (Å²) in [5.41, 5.74) is 1.75. The largest absolute Gasteiger partial charge is 0.378 e. The molecule has 0 saturated carbocycles. The van der Waals surface area contributed by atoms with Crippen LogP contribution in [0, 0.1) is 30.2 Å². The highest BCUT2D eigenvalue weighted by Crippen LogP contribution is 2.35. The van der Waals surface area contributed by atoms with Crippen LogP contribution in [-0.2, 0) is 4.74 Å². The lowest BCUT2D eigenvalue weighted by atomic mass is 9.88. The van der Waals surface area contributed by atoms with Gasteiger partial charge in [0.1, 0.15) is 0 Å². The van der Waals surface area contributed by atoms with E-state index >= 15 is 0 Å². The van der Waals surface area contributed by atoms with Crippen LogP contribution >= 0.6 is 0 Å². The van der Waals surface area contributed by atoms with Gasteiger partial charge in [0.25, 0.3) is 0 Å². The van der Waals surface area contributed by atoms with Crippen LogP contribution in [0.4, 0.5) is 17.6 Å². The van der Waals surface area contributed by atoms with Crippen molar-refractivity contribution in [3.05, 3.63) is 82.9 Å². The molecule has 32 heavy (non-hydrogen) atoms. The lowest BCUT2D eigenvalue weighted by Gasteiger charge is -2.29. The fraction of sp³-hybridized carbons (Fsp3) is 0.333. The molecular weight excluding hydrogens is 416 g/mol. The molecule has 0 N–H and O–H groups in total. The van der Waals surface area contributed by atoms with Crippen LogP contribution in [0.3, 0.4) is 0 Å². The Morgan fingerprint density at radius 2 is 1.34 bits per heavy atom. The average molecular weight is 442 g/mol. The monoisotopic (exact) mass is 442 g/mol. The van der Waals surface area contributed by atoms with E-state index < -0.39 is 23.3 Å². The van der Waals surface area contributed by atoms with Gasteiger partial charge in [-0.1, -0.05) is 61.9 Å². The summed E-state index contributed by atoms with van der Waals surface area (Å²) in [4.78, 5) is 0. The Balaban J connectivity index is 1.57. The predicted molar refractivity (Wildman–Crippen MR) is 119 cm³/mol. The summed E-state index contributed by atoms with van der Waals surface area (Å²) in [6, 6.07) is 12.6. The first-order valence-electron chi connectivity index (χ1n) is 11.1. The van der Waals surface area contributed by atoms with Crippen LogP contribution in [-0.4, -0.2) is 12.7 Å². The van der Waals surface area contributed by atoms with Crippen molar-refractivity contribution in [3.63, 3.8) is 0 Å². The molecule has 5 heteroatoms. The fourth-order valence-corrected chi connectivity index (χ4v) is 4.40. The van der Waals surface area contributed by atoms with Gasteiger partial charge in [-0.2, -0.15) is 0 Å². The molecule has 1 aliphatic heterocycles. The van der Waals surface area contributed by atoms with Crippen molar-refractivity contribution in [2.24, 2.45) is 0 Å². The van der Waals surface area contributed by atoms with E-state index in [0.717, 1.165) is 25.7 Å². The second-order valence-electron chi connectivity index (χ2n) is 8.48. The molecule has 2 atom stereocenters. The molecular formula is C27H26F4O. The lowest BCUT2D eigenvalue weighted by molar-refractivity contribution is -0.00181. The minimum atomic E-state index is -0.921. The molecule has 0 aliphatic carbocycles. The molecule has 1 heterocycles. The predicted octanol–water partition coefficient (Wildman–Crippen LogP) is 7.95. The van der Waals surface area contributed by atoms with Gasteiger partial charge in [-0.15, -0.1) is 0 Å². The van der Waals surface area contributed by atoms with Crippen LogP contribution in [0.15, 0.2) is 48.5 Å². The van der Waals surface area contributed by atoms with Crippen molar-refractivity contribution in [2.75, 3.05) is 6.61 Å². The average Bonchev–Trinajstić information content (AvgIpc) is 2.81. The fourth-order valence-electron chi connectivity index (χ4n) is 4.40. The van der Waals surface area contributed by atoms with Crippen LogP contribution in [0.5, 0.6) is 0 Å². The molecule has 0 aromatic heterocycles. The third kappa shape index (κ3) is 4.31. The smallest absolute Gasteiger partial charge is 0.166 e. The summed E-state index contributed by atoms with van der Waals surface area (Å²) in [7, 11) is 0. The van der Waals surface area contributed by atoms with Gasteiger partial charge in [0.05, 0.1) is 12.7 Å². The summed E-state index contributed by atoms with van der Waals surface area (Å²) < 4.78 is 63.9. The molecule has 0 bridgehead atoms. The molecule has 3 aromatic carbocycles. The van der Waals surface area contributed by atoms with Gasteiger partial charge in [-0.25, -0.2) is 17.6 Å². The SMILES string of the molecule is CCCC1CCC(c2ccc(-c3ccc(-c4ccc(C)c(F)c4F)cc3)c(F)c2F)CO1. The van der Waals surface area contributed by atoms with Gasteiger partial charge in [-0.3, -0.25) is 0 Å². The first-order valence-corrected chi connectivity index (χ1v) is 11.1. The molecule has 0 radical (unpaired) electrons. The highest BCUT2D eigenvalue weighted by atomic mass is 19.2. The number of rotatable bonds is 5. The quantitative estimate of drug-likeness (QED) is 0.364. The molecule has 0 amide bonds. The van der Waals surface area contributed by atoms with Gasteiger partial charge in [0, 0.05) is 17.0 Å². The van der Waals surface area contributed by atoms with Gasteiger partial charge in [-0.05, 0) is 48.4 Å². The maximum atomic E-state index is 15.0. The van der Waals surface area contributed by atoms with Gasteiger partial charge < -0.3 is 4.74 Å². The zero-order chi connectivity index (χ0) is 22.8. The third-order valence-electron chi connectivity index (χ3n) is 6.32. The molecule has 3 aromatic rings. The second-order valence-corrected chi connectivity index (χ2v) is 8.48. The second kappa shape index (κ2) is 9.45. The van der Waals surface area contributed by atoms with Crippen molar-refractivity contribution >= 4 is 0 Å². The molecule has 1 aliphatic rings. The molecule has 0 spiro atoms. The van der Waals surface area contributed by atoms with E-state index in [4.69, 9.17) is 4.74 Å². The summed E-state index contributed by atoms with van der Waals surface area (Å²) in [6.45, 7) is 3.99. The summed E-state index contributed by atoms with van der Waals surface area (Å²) in [6.07, 6.45) is 3.84. The number of aryl methyl sites for hydroxylation is 1. The van der Waals surface area contributed by atoms with E-state index in [2.05, 4.69) is 6.92 Å². The third-order valence-corrected chi connectivity index (χ3v) is 6.32. The Morgan fingerprint density at radius 1 is 0.750 bits per heavy atom. The van der Waals surface area contributed by atoms with Gasteiger partial charge in [0.15, 0.2) is 23.3 Å². The highest BCUT2D eigenvalue weighted by Gasteiger charge is 2.26. The first-order chi connectivity index (χ1) is 15.4. The van der Waals surface area contributed by atoms with Crippen molar-refractivity contribution in [1.82, 2.24) is 0 Å². The maximum absolute atomic E-state index is 15.0. The van der Waals surface area contributed by atoms with Crippen LogP contribution in [0.25, 0.3) is 22.3 Å². The Hall–Kier alpha value is -2.66. The Morgan fingerprint density at radius 3 is 1.91 bits per heavy atom. The Labute approximate surface area is 186 Å². The van der Waals surface area contributed by atoms with Crippen molar-refractivity contribution < 1.29 is 22.3 Å². The standard InChI is InChI=1S/C27H26F4O/c1-3-4-20-11-10-19(15-32-20)23-14-13-22(26(30)27(23)31)18-8-6-17(7-9-18)21-12-5-16(2)24(28)25(21)29/h5-9,12-14,19-20H,3-4,10-11,15H2,1-2H3.